The summed E-state index contributed by atoms with van der Waals surface area (Å²) in [6.07, 6.45) is 23.0. The molecule has 664 valence electrons. The first kappa shape index (κ1) is 91.4. The molecule has 0 heterocycles. The van der Waals surface area contributed by atoms with E-state index in [1.54, 1.807) is 22.3 Å². The first-order chi connectivity index (χ1) is 65.4. The van der Waals surface area contributed by atoms with Crippen LogP contribution < -0.4 is 0 Å². The molecule has 16 aromatic carbocycles. The highest BCUT2D eigenvalue weighted by Crippen LogP contribution is 2.63. The summed E-state index contributed by atoms with van der Waals surface area (Å²) in [6, 6.07) is 144. The van der Waals surface area contributed by atoms with Crippen molar-refractivity contribution in [2.24, 2.45) is 0 Å². The van der Waals surface area contributed by atoms with Crippen LogP contribution in [0.15, 0.2) is 388 Å². The van der Waals surface area contributed by atoms with E-state index in [2.05, 4.69) is 388 Å². The predicted molar refractivity (Wildman–Crippen MR) is 566 cm³/mol. The van der Waals surface area contributed by atoms with Crippen LogP contribution in [0.3, 0.4) is 0 Å². The Morgan fingerprint density at radius 2 is 0.273 bits per heavy atom. The van der Waals surface area contributed by atoms with E-state index in [1.165, 1.54) is 246 Å². The molecule has 0 N–H and O–H groups in total. The minimum Gasteiger partial charge on any atom is -0.0683 e. The molecule has 6 spiro atoms. The van der Waals surface area contributed by atoms with Gasteiger partial charge in [0, 0.05) is 32.5 Å². The van der Waals surface area contributed by atoms with E-state index in [0.717, 1.165) is 25.7 Å². The molecule has 2 fully saturated rings. The van der Waals surface area contributed by atoms with Crippen LogP contribution in [-0.2, 0) is 71.0 Å². The molecule has 0 aliphatic heterocycles. The molecule has 0 aromatic heterocycles. The average Bonchev–Trinajstić information content (AvgIpc) is 1.53. The standard InChI is InChI=1S/4C21H16.2C18H18.6C2H6/c2*1-4-10-18-15(7-1)13-14-21(18)19-11-5-2-8-16(19)17-9-3-6-12-20(17)21;2*1-2-8-16-14-21(13-15(16)7-1)19-11-5-3-9-17(19)18-10-4-6-12-20(18)21;2*1-6-12-18(13-7-1)16-10-4-2-8-14(16)15-9-3-5-11-17(15)18;6*1-2/h4*1-12H,13-14H2;2*2-5,8-11H,1,6-7,12-13H2;6*1-2H3. The number of rotatable bonds is 0. The molecular formula is C132H136. The fourth-order valence-corrected chi connectivity index (χ4v) is 26.0. The van der Waals surface area contributed by atoms with Crippen LogP contribution in [0.4, 0.5) is 0 Å². The maximum atomic E-state index is 2.36. The van der Waals surface area contributed by atoms with E-state index in [1.807, 2.05) is 83.1 Å². The van der Waals surface area contributed by atoms with Gasteiger partial charge in [-0.25, -0.2) is 0 Å². The lowest BCUT2D eigenvalue weighted by atomic mass is 9.68. The monoisotopic (exact) mass is 1720 g/mol. The molecule has 0 heteroatoms. The molecule has 2 saturated carbocycles. The molecule has 28 rings (SSSR count). The zero-order valence-corrected chi connectivity index (χ0v) is 80.7. The first-order valence-electron chi connectivity index (χ1n) is 50.9. The van der Waals surface area contributed by atoms with Crippen molar-refractivity contribution >= 4 is 0 Å². The summed E-state index contributed by atoms with van der Waals surface area (Å²) in [5.74, 6) is 0. The Kier molecular flexibility index (Phi) is 27.9. The number of benzene rings is 16. The van der Waals surface area contributed by atoms with Gasteiger partial charge < -0.3 is 0 Å². The summed E-state index contributed by atoms with van der Waals surface area (Å²) < 4.78 is 0. The summed E-state index contributed by atoms with van der Waals surface area (Å²) >= 11 is 0. The van der Waals surface area contributed by atoms with Crippen LogP contribution in [0.5, 0.6) is 0 Å². The van der Waals surface area contributed by atoms with Crippen molar-refractivity contribution in [3.05, 3.63) is 500 Å². The maximum absolute atomic E-state index is 2.36. The molecule has 0 atom stereocenters. The van der Waals surface area contributed by atoms with Gasteiger partial charge in [-0.05, 0) is 255 Å². The molecule has 16 aromatic rings. The molecule has 0 unspecified atom stereocenters. The van der Waals surface area contributed by atoms with Gasteiger partial charge in [-0.1, -0.05) is 510 Å². The Bertz CT molecular complexity index is 5940. The smallest absolute Gasteiger partial charge is 0.0469 e. The summed E-state index contributed by atoms with van der Waals surface area (Å²) in [4.78, 5) is 0. The zero-order chi connectivity index (χ0) is 91.5. The predicted octanol–water partition coefficient (Wildman–Crippen LogP) is 35.4. The largest absolute Gasteiger partial charge is 0.0683 e. The number of aryl methyl sites for hydroxylation is 2. The molecular weight excluding hydrogens is 1590 g/mol. The highest BCUT2D eigenvalue weighted by Gasteiger charge is 2.53. The van der Waals surface area contributed by atoms with Gasteiger partial charge >= 0.3 is 0 Å². The van der Waals surface area contributed by atoms with Gasteiger partial charge in [-0.15, -0.1) is 0 Å². The number of fused-ring (bicyclic) bond motifs is 36. The van der Waals surface area contributed by atoms with Crippen molar-refractivity contribution in [1.29, 1.82) is 0 Å². The van der Waals surface area contributed by atoms with Gasteiger partial charge in [0.1, 0.15) is 0 Å². The molecule has 132 heavy (non-hydrogen) atoms. The fraction of sp³-hybridized carbons (Fsp3) is 0.273. The van der Waals surface area contributed by atoms with Gasteiger partial charge in [0.05, 0.1) is 0 Å². The second kappa shape index (κ2) is 40.3. The Morgan fingerprint density at radius 3 is 0.470 bits per heavy atom. The van der Waals surface area contributed by atoms with Crippen LogP contribution in [0.2, 0.25) is 0 Å². The Labute approximate surface area is 791 Å². The van der Waals surface area contributed by atoms with E-state index >= 15 is 0 Å². The molecule has 12 aliphatic rings. The molecule has 0 amide bonds. The lowest BCUT2D eigenvalue weighted by Gasteiger charge is -2.35. The highest BCUT2D eigenvalue weighted by molar-refractivity contribution is 5.89. The third kappa shape index (κ3) is 15.2. The van der Waals surface area contributed by atoms with Crippen LogP contribution in [0.25, 0.3) is 66.8 Å². The lowest BCUT2D eigenvalue weighted by molar-refractivity contribution is 0.353. The zero-order valence-electron chi connectivity index (χ0n) is 80.7. The number of hydrogen-bond donors (Lipinski definition) is 0. The van der Waals surface area contributed by atoms with E-state index in [4.69, 9.17) is 0 Å². The Balaban J connectivity index is 0.000000108. The summed E-state index contributed by atoms with van der Waals surface area (Å²) in [6.45, 7) is 24.0. The van der Waals surface area contributed by atoms with Gasteiger partial charge in [-0.2, -0.15) is 0 Å². The molecule has 12 aliphatic carbocycles. The quantitative estimate of drug-likeness (QED) is 0.142. The van der Waals surface area contributed by atoms with Gasteiger partial charge in [0.2, 0.25) is 0 Å². The lowest BCUT2D eigenvalue weighted by Crippen LogP contribution is -2.27. The van der Waals surface area contributed by atoms with Crippen molar-refractivity contribution in [1.82, 2.24) is 0 Å². The van der Waals surface area contributed by atoms with E-state index < -0.39 is 0 Å². The minimum absolute atomic E-state index is 0.0871. The normalized spacial score (nSPS) is 16.2. The third-order valence-electron chi connectivity index (χ3n) is 30.9. The molecule has 0 bridgehead atoms. The van der Waals surface area contributed by atoms with Crippen molar-refractivity contribution in [3.8, 4) is 66.8 Å². The van der Waals surface area contributed by atoms with Crippen molar-refractivity contribution in [3.63, 3.8) is 0 Å². The van der Waals surface area contributed by atoms with Gasteiger partial charge in [0.15, 0.2) is 0 Å². The molecule has 0 nitrogen and oxygen atoms in total. The average molecular weight is 1720 g/mol. The van der Waals surface area contributed by atoms with E-state index in [0.29, 0.717) is 10.8 Å². The highest BCUT2D eigenvalue weighted by atomic mass is 14.6. The van der Waals surface area contributed by atoms with Crippen molar-refractivity contribution in [2.45, 2.75) is 231 Å². The summed E-state index contributed by atoms with van der Waals surface area (Å²) in [5.41, 5.74) is 49.1. The van der Waals surface area contributed by atoms with Gasteiger partial charge in [0.25, 0.3) is 0 Å². The van der Waals surface area contributed by atoms with Crippen LogP contribution in [-0.4, -0.2) is 0 Å². The maximum Gasteiger partial charge on any atom is 0.0469 e. The SMILES string of the molecule is CC.CC.CC.CC.CC.CC.c1ccc2c(c1)-c1ccccc1C21CCCCC1.c1ccc2c(c1)-c1ccccc1C21CCCCC1.c1ccc2c(c1)CC1(C2)c2ccccc2-c2ccccc21.c1ccc2c(c1)CC1(C2)c2ccccc2-c2ccccc21.c1ccc2c(c1)CCC21c2ccccc2-c2ccccc21.c1ccc2c(c1)CCC21c2ccccc2-c2ccccc21. The summed E-state index contributed by atoms with van der Waals surface area (Å²) in [5, 5.41) is 0. The number of hydrogen-bond acceptors (Lipinski definition) is 0. The topological polar surface area (TPSA) is 0 Å². The van der Waals surface area contributed by atoms with Crippen molar-refractivity contribution < 1.29 is 0 Å². The van der Waals surface area contributed by atoms with Crippen LogP contribution in [0, 0.1) is 0 Å². The fourth-order valence-electron chi connectivity index (χ4n) is 26.0. The third-order valence-corrected chi connectivity index (χ3v) is 30.9. The first-order valence-corrected chi connectivity index (χ1v) is 50.9. The second-order valence-electron chi connectivity index (χ2n) is 36.4. The van der Waals surface area contributed by atoms with E-state index in [9.17, 15) is 0 Å². The summed E-state index contributed by atoms with van der Waals surface area (Å²) in [7, 11) is 0. The Morgan fingerprint density at radius 1 is 0.129 bits per heavy atom. The van der Waals surface area contributed by atoms with Crippen molar-refractivity contribution in [2.75, 3.05) is 0 Å². The minimum atomic E-state index is 0.0871. The molecule has 0 saturated heterocycles. The van der Waals surface area contributed by atoms with Crippen LogP contribution >= 0.6 is 0 Å². The van der Waals surface area contributed by atoms with E-state index in [-0.39, 0.29) is 21.7 Å². The van der Waals surface area contributed by atoms with Gasteiger partial charge in [-0.3, -0.25) is 0 Å². The Hall–Kier alpha value is -12.5. The van der Waals surface area contributed by atoms with Crippen LogP contribution in [0.1, 0.15) is 271 Å². The second-order valence-corrected chi connectivity index (χ2v) is 36.4. The molecule has 0 radical (unpaired) electrons.